The first-order chi connectivity index (χ1) is 12.7. The van der Waals surface area contributed by atoms with Crippen molar-refractivity contribution >= 4 is 22.9 Å². The Morgan fingerprint density at radius 2 is 2.19 bits per heavy atom. The van der Waals surface area contributed by atoms with Gasteiger partial charge in [0.2, 0.25) is 0 Å². The van der Waals surface area contributed by atoms with Crippen LogP contribution >= 0.6 is 0 Å². The number of carbonyl (C=O) groups excluding carboxylic acids is 1. The van der Waals surface area contributed by atoms with Crippen LogP contribution in [-0.2, 0) is 14.3 Å². The van der Waals surface area contributed by atoms with E-state index >= 15 is 0 Å². The van der Waals surface area contributed by atoms with Gasteiger partial charge in [-0.05, 0) is 25.5 Å². The maximum atomic E-state index is 12.3. The Balaban J connectivity index is 1.57. The summed E-state index contributed by atoms with van der Waals surface area (Å²) in [6.45, 7) is 2.96. The molecule has 1 aromatic carbocycles. The molecular weight excluding hydrogens is 328 g/mol. The number of ether oxygens (including phenoxy) is 2. The van der Waals surface area contributed by atoms with Crippen molar-refractivity contribution in [2.24, 2.45) is 11.8 Å². The number of nitrogens with zero attached hydrogens (tertiary/aromatic N) is 1. The zero-order valence-electron chi connectivity index (χ0n) is 14.9. The zero-order valence-corrected chi connectivity index (χ0v) is 14.9. The molecule has 2 aromatic rings. The average Bonchev–Trinajstić information content (AvgIpc) is 3.06. The van der Waals surface area contributed by atoms with E-state index in [0.717, 1.165) is 18.5 Å². The molecule has 0 saturated carbocycles. The highest BCUT2D eigenvalue weighted by atomic mass is 16.5. The number of fused-ring (bicyclic) bond motifs is 6. The first-order valence-corrected chi connectivity index (χ1v) is 9.15. The number of H-pyrrole nitrogens is 1. The summed E-state index contributed by atoms with van der Waals surface area (Å²) in [4.78, 5) is 18.3. The Bertz CT molecular complexity index is 942. The molecule has 1 unspecified atom stereocenters. The summed E-state index contributed by atoms with van der Waals surface area (Å²) in [6, 6.07) is 8.65. The van der Waals surface area contributed by atoms with Crippen molar-refractivity contribution in [1.82, 2.24) is 9.88 Å². The standard InChI is InChI=1S/C21H22N2O3/c1-12-16-10-23-8-7-14-13-5-3-4-6-18(13)22-20(14)19(23)9-15(16)17(11-26-12)21(24)25-2/h3-8,11-12,15-16,19,22H,9-10H2,1-2H3/t12-,15-,16+,19?/m0/s1. The van der Waals surface area contributed by atoms with Crippen LogP contribution in [0.4, 0.5) is 0 Å². The lowest BCUT2D eigenvalue weighted by atomic mass is 9.73. The molecule has 0 bridgehead atoms. The van der Waals surface area contributed by atoms with E-state index in [1.54, 1.807) is 6.26 Å². The lowest BCUT2D eigenvalue weighted by Gasteiger charge is -2.48. The number of piperidine rings is 1. The fourth-order valence-corrected chi connectivity index (χ4v) is 4.81. The van der Waals surface area contributed by atoms with E-state index in [9.17, 15) is 4.79 Å². The van der Waals surface area contributed by atoms with Crippen LogP contribution < -0.4 is 0 Å². The second kappa shape index (κ2) is 5.66. The Labute approximate surface area is 152 Å². The molecule has 4 heterocycles. The SMILES string of the molecule is COC(=O)C1=CO[C@@H](C)[C@H]2CN3C=Cc4c([nH]c5ccccc45)C3C[C@H]12. The Hall–Kier alpha value is -2.69. The molecule has 1 fully saturated rings. The fourth-order valence-electron chi connectivity index (χ4n) is 4.81. The van der Waals surface area contributed by atoms with Crippen LogP contribution in [0.15, 0.2) is 42.3 Å². The number of hydrogen-bond donors (Lipinski definition) is 1. The van der Waals surface area contributed by atoms with Gasteiger partial charge in [-0.3, -0.25) is 0 Å². The second-order valence-electron chi connectivity index (χ2n) is 7.44. The summed E-state index contributed by atoms with van der Waals surface area (Å²) in [7, 11) is 1.44. The Morgan fingerprint density at radius 1 is 1.35 bits per heavy atom. The number of methoxy groups -OCH3 is 1. The second-order valence-corrected chi connectivity index (χ2v) is 7.44. The predicted octanol–water partition coefficient (Wildman–Crippen LogP) is 3.61. The Kier molecular flexibility index (Phi) is 3.39. The molecule has 3 aliphatic rings. The van der Waals surface area contributed by atoms with Gasteiger partial charge in [-0.1, -0.05) is 18.2 Å². The highest BCUT2D eigenvalue weighted by Gasteiger charge is 2.45. The summed E-state index contributed by atoms with van der Waals surface area (Å²) in [5, 5.41) is 1.25. The number of nitrogens with one attached hydrogen (secondary N) is 1. The number of hydrogen-bond acceptors (Lipinski definition) is 4. The maximum Gasteiger partial charge on any atom is 0.337 e. The van der Waals surface area contributed by atoms with Crippen molar-refractivity contribution in [3.8, 4) is 0 Å². The summed E-state index contributed by atoms with van der Waals surface area (Å²) in [6.07, 6.45) is 7.00. The minimum absolute atomic E-state index is 0.0897. The van der Waals surface area contributed by atoms with Crippen LogP contribution in [0.3, 0.4) is 0 Å². The highest BCUT2D eigenvalue weighted by Crippen LogP contribution is 2.47. The van der Waals surface area contributed by atoms with Gasteiger partial charge in [0.1, 0.15) is 6.10 Å². The van der Waals surface area contributed by atoms with E-state index in [4.69, 9.17) is 9.47 Å². The van der Waals surface area contributed by atoms with Gasteiger partial charge in [-0.2, -0.15) is 0 Å². The molecule has 5 rings (SSSR count). The summed E-state index contributed by atoms with van der Waals surface area (Å²) in [5.41, 5.74) is 4.34. The first kappa shape index (κ1) is 15.6. The van der Waals surface area contributed by atoms with Gasteiger partial charge in [0.25, 0.3) is 0 Å². The van der Waals surface area contributed by atoms with Crippen molar-refractivity contribution in [3.05, 3.63) is 53.6 Å². The first-order valence-electron chi connectivity index (χ1n) is 9.15. The largest absolute Gasteiger partial charge is 0.497 e. The van der Waals surface area contributed by atoms with Gasteiger partial charge in [0, 0.05) is 46.7 Å². The van der Waals surface area contributed by atoms with E-state index in [0.29, 0.717) is 5.57 Å². The lowest BCUT2D eigenvalue weighted by molar-refractivity contribution is -0.138. The molecule has 0 radical (unpaired) electrons. The minimum atomic E-state index is -0.274. The third-order valence-electron chi connectivity index (χ3n) is 6.19. The normalized spacial score (nSPS) is 29.3. The van der Waals surface area contributed by atoms with Gasteiger partial charge >= 0.3 is 5.97 Å². The van der Waals surface area contributed by atoms with E-state index in [-0.39, 0.29) is 30.0 Å². The molecule has 1 N–H and O–H groups in total. The molecule has 5 heteroatoms. The number of aromatic nitrogens is 1. The Morgan fingerprint density at radius 3 is 3.04 bits per heavy atom. The molecule has 1 aromatic heterocycles. The van der Waals surface area contributed by atoms with Gasteiger partial charge in [-0.25, -0.2) is 4.79 Å². The van der Waals surface area contributed by atoms with Crippen LogP contribution in [0.2, 0.25) is 0 Å². The molecule has 1 saturated heterocycles. The van der Waals surface area contributed by atoms with E-state index in [2.05, 4.69) is 53.3 Å². The molecule has 0 spiro atoms. The molecule has 0 aliphatic carbocycles. The van der Waals surface area contributed by atoms with Crippen molar-refractivity contribution < 1.29 is 14.3 Å². The molecule has 4 atom stereocenters. The third-order valence-corrected chi connectivity index (χ3v) is 6.19. The summed E-state index contributed by atoms with van der Waals surface area (Å²) < 4.78 is 10.8. The fraction of sp³-hybridized carbons (Fsp3) is 0.381. The van der Waals surface area contributed by atoms with Crippen molar-refractivity contribution in [2.75, 3.05) is 13.7 Å². The molecule has 0 amide bonds. The molecular formula is C21H22N2O3. The van der Waals surface area contributed by atoms with Gasteiger partial charge < -0.3 is 19.4 Å². The monoisotopic (exact) mass is 350 g/mol. The van der Waals surface area contributed by atoms with Crippen molar-refractivity contribution in [3.63, 3.8) is 0 Å². The topological polar surface area (TPSA) is 54.6 Å². The van der Waals surface area contributed by atoms with Crippen LogP contribution in [-0.4, -0.2) is 35.6 Å². The predicted molar refractivity (Wildman–Crippen MR) is 99.0 cm³/mol. The molecule has 26 heavy (non-hydrogen) atoms. The number of aromatic amines is 1. The van der Waals surface area contributed by atoms with Crippen LogP contribution in [0.1, 0.15) is 30.6 Å². The van der Waals surface area contributed by atoms with Gasteiger partial charge in [-0.15, -0.1) is 0 Å². The smallest absolute Gasteiger partial charge is 0.337 e. The number of carbonyl (C=O) groups is 1. The van der Waals surface area contributed by atoms with E-state index in [1.165, 1.54) is 23.8 Å². The average molecular weight is 350 g/mol. The number of rotatable bonds is 1. The molecule has 134 valence electrons. The lowest BCUT2D eigenvalue weighted by Crippen LogP contribution is -2.48. The van der Waals surface area contributed by atoms with Gasteiger partial charge in [0.05, 0.1) is 25.0 Å². The summed E-state index contributed by atoms with van der Waals surface area (Å²) >= 11 is 0. The van der Waals surface area contributed by atoms with Crippen LogP contribution in [0.5, 0.6) is 0 Å². The highest BCUT2D eigenvalue weighted by molar-refractivity contribution is 5.91. The van der Waals surface area contributed by atoms with Gasteiger partial charge in [0.15, 0.2) is 0 Å². The molecule has 3 aliphatic heterocycles. The van der Waals surface area contributed by atoms with Crippen LogP contribution in [0, 0.1) is 11.8 Å². The summed E-state index contributed by atoms with van der Waals surface area (Å²) in [5.74, 6) is 0.155. The van der Waals surface area contributed by atoms with E-state index in [1.807, 2.05) is 0 Å². The zero-order chi connectivity index (χ0) is 17.8. The third kappa shape index (κ3) is 2.13. The quantitative estimate of drug-likeness (QED) is 0.799. The van der Waals surface area contributed by atoms with E-state index < -0.39 is 0 Å². The van der Waals surface area contributed by atoms with Crippen LogP contribution in [0.25, 0.3) is 17.0 Å². The molecule has 5 nitrogen and oxygen atoms in total. The number of benzene rings is 1. The number of para-hydroxylation sites is 1. The van der Waals surface area contributed by atoms with Crippen molar-refractivity contribution in [2.45, 2.75) is 25.5 Å². The maximum absolute atomic E-state index is 12.3. The number of esters is 1. The van der Waals surface area contributed by atoms with Crippen molar-refractivity contribution in [1.29, 1.82) is 0 Å². The minimum Gasteiger partial charge on any atom is -0.497 e.